The summed E-state index contributed by atoms with van der Waals surface area (Å²) in [5.41, 5.74) is 0.753. The lowest BCUT2D eigenvalue weighted by Gasteiger charge is -2.23. The summed E-state index contributed by atoms with van der Waals surface area (Å²) in [6.07, 6.45) is 4.99. The molecule has 0 aliphatic rings. The van der Waals surface area contributed by atoms with Crippen LogP contribution in [0.5, 0.6) is 5.75 Å². The summed E-state index contributed by atoms with van der Waals surface area (Å²) < 4.78 is 5.78. The highest BCUT2D eigenvalue weighted by molar-refractivity contribution is 5.70. The molecule has 0 saturated carbocycles. The number of carbonyl (C=O) groups is 1. The van der Waals surface area contributed by atoms with E-state index in [-0.39, 0.29) is 6.42 Å². The van der Waals surface area contributed by atoms with Crippen LogP contribution in [0.2, 0.25) is 0 Å². The average molecular weight is 342 g/mol. The van der Waals surface area contributed by atoms with Gasteiger partial charge in [-0.2, -0.15) is 0 Å². The van der Waals surface area contributed by atoms with Crippen LogP contribution in [-0.2, 0) is 11.2 Å². The highest BCUT2D eigenvalue weighted by atomic mass is 16.5. The molecule has 5 heteroatoms. The minimum atomic E-state index is -0.834. The quantitative estimate of drug-likeness (QED) is 0.630. The van der Waals surface area contributed by atoms with E-state index in [9.17, 15) is 4.79 Å². The van der Waals surface area contributed by atoms with Crippen LogP contribution >= 0.6 is 0 Å². The minimum Gasteiger partial charge on any atom is -0.494 e. The topological polar surface area (TPSA) is 62.7 Å². The molecule has 0 amide bonds. The second kappa shape index (κ2) is 10.3. The van der Waals surface area contributed by atoms with Crippen LogP contribution in [0.1, 0.15) is 31.7 Å². The Morgan fingerprint density at radius 3 is 2.72 bits per heavy atom. The number of hydrogen-bond donors (Lipinski definition) is 1. The maximum Gasteiger partial charge on any atom is 0.307 e. The average Bonchev–Trinajstić information content (AvgIpc) is 2.61. The first kappa shape index (κ1) is 18.8. The zero-order chi connectivity index (χ0) is 17.9. The monoisotopic (exact) mass is 342 g/mol. The van der Waals surface area contributed by atoms with E-state index in [2.05, 4.69) is 16.8 Å². The molecule has 25 heavy (non-hydrogen) atoms. The largest absolute Gasteiger partial charge is 0.494 e. The van der Waals surface area contributed by atoms with Crippen molar-refractivity contribution in [2.45, 2.75) is 32.6 Å². The molecule has 1 aromatic heterocycles. The molecule has 0 unspecified atom stereocenters. The lowest BCUT2D eigenvalue weighted by atomic mass is 10.1. The van der Waals surface area contributed by atoms with E-state index in [4.69, 9.17) is 9.84 Å². The Hall–Kier alpha value is -2.56. The van der Waals surface area contributed by atoms with E-state index < -0.39 is 5.97 Å². The zero-order valence-corrected chi connectivity index (χ0v) is 14.7. The van der Waals surface area contributed by atoms with Crippen molar-refractivity contribution in [3.63, 3.8) is 0 Å². The second-order valence-corrected chi connectivity index (χ2v) is 5.95. The highest BCUT2D eigenvalue weighted by Gasteiger charge is 2.07. The van der Waals surface area contributed by atoms with Gasteiger partial charge in [0.05, 0.1) is 13.0 Å². The molecule has 1 aromatic carbocycles. The van der Waals surface area contributed by atoms with Crippen LogP contribution in [0.15, 0.2) is 48.7 Å². The van der Waals surface area contributed by atoms with Gasteiger partial charge in [-0.05, 0) is 42.7 Å². The van der Waals surface area contributed by atoms with Crippen LogP contribution in [0.4, 0.5) is 5.82 Å². The smallest absolute Gasteiger partial charge is 0.307 e. The Morgan fingerprint density at radius 1 is 1.16 bits per heavy atom. The van der Waals surface area contributed by atoms with Gasteiger partial charge < -0.3 is 14.7 Å². The fourth-order valence-electron chi connectivity index (χ4n) is 2.60. The van der Waals surface area contributed by atoms with Gasteiger partial charge in [0.25, 0.3) is 0 Å². The fourth-order valence-corrected chi connectivity index (χ4v) is 2.60. The third-order valence-corrected chi connectivity index (χ3v) is 3.85. The lowest BCUT2D eigenvalue weighted by molar-refractivity contribution is -0.136. The summed E-state index contributed by atoms with van der Waals surface area (Å²) in [5.74, 6) is 0.884. The van der Waals surface area contributed by atoms with Gasteiger partial charge >= 0.3 is 5.97 Å². The summed E-state index contributed by atoms with van der Waals surface area (Å²) in [5, 5.41) is 8.86. The molecule has 1 N–H and O–H groups in total. The number of aliphatic carboxylic acids is 1. The molecule has 2 aromatic rings. The number of rotatable bonds is 11. The molecule has 0 fully saturated rings. The Bertz CT molecular complexity index is 646. The third kappa shape index (κ3) is 6.83. The maximum atomic E-state index is 10.8. The fraction of sp³-hybridized carbons (Fsp3) is 0.400. The summed E-state index contributed by atoms with van der Waals surface area (Å²) in [6.45, 7) is 4.64. The van der Waals surface area contributed by atoms with Gasteiger partial charge in [-0.15, -0.1) is 0 Å². The molecule has 0 atom stereocenters. The SMILES string of the molecule is CCCCN(CCCOc1cccc(CC(=O)O)c1)c1ccccn1. The van der Waals surface area contributed by atoms with Crippen LogP contribution in [-0.4, -0.2) is 35.8 Å². The predicted molar refractivity (Wildman–Crippen MR) is 99.3 cm³/mol. The molecule has 0 spiro atoms. The summed E-state index contributed by atoms with van der Waals surface area (Å²) >= 11 is 0. The molecule has 5 nitrogen and oxygen atoms in total. The standard InChI is InChI=1S/C20H26N2O3/c1-2-3-12-22(19-10-4-5-11-21-19)13-7-14-25-18-9-6-8-17(15-18)16-20(23)24/h4-6,8-11,15H,2-3,7,12-14,16H2,1H3,(H,23,24). The Morgan fingerprint density at radius 2 is 2.00 bits per heavy atom. The summed E-state index contributed by atoms with van der Waals surface area (Å²) in [7, 11) is 0. The number of aromatic nitrogens is 1. The molecule has 0 aliphatic carbocycles. The van der Waals surface area contributed by atoms with Crippen molar-refractivity contribution >= 4 is 11.8 Å². The van der Waals surface area contributed by atoms with Crippen molar-refractivity contribution in [3.8, 4) is 5.75 Å². The molecular formula is C20H26N2O3. The van der Waals surface area contributed by atoms with Crippen LogP contribution in [0.3, 0.4) is 0 Å². The first-order valence-electron chi connectivity index (χ1n) is 8.78. The van der Waals surface area contributed by atoms with Crippen molar-refractivity contribution in [2.24, 2.45) is 0 Å². The first-order chi connectivity index (χ1) is 12.2. The number of nitrogens with zero attached hydrogens (tertiary/aromatic N) is 2. The molecule has 0 radical (unpaired) electrons. The lowest BCUT2D eigenvalue weighted by Crippen LogP contribution is -2.27. The number of carboxylic acids is 1. The minimum absolute atomic E-state index is 0.0155. The Labute approximate surface area is 149 Å². The van der Waals surface area contributed by atoms with Gasteiger partial charge in [0.15, 0.2) is 0 Å². The van der Waals surface area contributed by atoms with Crippen LogP contribution < -0.4 is 9.64 Å². The number of carboxylic acid groups (broad SMARTS) is 1. The van der Waals surface area contributed by atoms with Crippen molar-refractivity contribution in [3.05, 3.63) is 54.2 Å². The number of unbranched alkanes of at least 4 members (excludes halogenated alkanes) is 1. The predicted octanol–water partition coefficient (Wildman–Crippen LogP) is 3.78. The number of hydrogen-bond acceptors (Lipinski definition) is 4. The van der Waals surface area contributed by atoms with Gasteiger partial charge in [-0.3, -0.25) is 4.79 Å². The van der Waals surface area contributed by atoms with Crippen molar-refractivity contribution < 1.29 is 14.6 Å². The molecule has 2 rings (SSSR count). The summed E-state index contributed by atoms with van der Waals surface area (Å²) in [6, 6.07) is 13.2. The van der Waals surface area contributed by atoms with E-state index in [1.54, 1.807) is 12.1 Å². The van der Waals surface area contributed by atoms with E-state index in [1.807, 2.05) is 36.5 Å². The zero-order valence-electron chi connectivity index (χ0n) is 14.7. The van der Waals surface area contributed by atoms with E-state index >= 15 is 0 Å². The van der Waals surface area contributed by atoms with Gasteiger partial charge in [-0.25, -0.2) is 4.98 Å². The number of ether oxygens (including phenoxy) is 1. The van der Waals surface area contributed by atoms with Crippen molar-refractivity contribution in [1.29, 1.82) is 0 Å². The Kier molecular flexibility index (Phi) is 7.76. The van der Waals surface area contributed by atoms with Gasteiger partial charge in [0.2, 0.25) is 0 Å². The van der Waals surface area contributed by atoms with Gasteiger partial charge in [-0.1, -0.05) is 31.5 Å². The molecule has 134 valence electrons. The van der Waals surface area contributed by atoms with E-state index in [0.717, 1.165) is 49.5 Å². The summed E-state index contributed by atoms with van der Waals surface area (Å²) in [4.78, 5) is 17.5. The normalized spacial score (nSPS) is 10.4. The number of anilines is 1. The molecule has 0 bridgehead atoms. The van der Waals surface area contributed by atoms with E-state index in [0.29, 0.717) is 6.61 Å². The first-order valence-corrected chi connectivity index (χ1v) is 8.78. The molecule has 1 heterocycles. The highest BCUT2D eigenvalue weighted by Crippen LogP contribution is 2.15. The van der Waals surface area contributed by atoms with Crippen molar-refractivity contribution in [2.75, 3.05) is 24.6 Å². The van der Waals surface area contributed by atoms with Crippen molar-refractivity contribution in [1.82, 2.24) is 4.98 Å². The van der Waals surface area contributed by atoms with E-state index in [1.165, 1.54) is 0 Å². The third-order valence-electron chi connectivity index (χ3n) is 3.85. The maximum absolute atomic E-state index is 10.8. The number of pyridine rings is 1. The van der Waals surface area contributed by atoms with Crippen LogP contribution in [0.25, 0.3) is 0 Å². The molecule has 0 saturated heterocycles. The molecule has 0 aliphatic heterocycles. The molecular weight excluding hydrogens is 316 g/mol. The van der Waals surface area contributed by atoms with Gasteiger partial charge in [0.1, 0.15) is 11.6 Å². The second-order valence-electron chi connectivity index (χ2n) is 5.95. The van der Waals surface area contributed by atoms with Gasteiger partial charge in [0, 0.05) is 19.3 Å². The number of benzene rings is 1. The van der Waals surface area contributed by atoms with Crippen LogP contribution in [0, 0.1) is 0 Å². The Balaban J connectivity index is 1.82.